The Balaban J connectivity index is 1.46. The van der Waals surface area contributed by atoms with Crippen LogP contribution in [-0.4, -0.2) is 50.4 Å². The maximum Gasteiger partial charge on any atom is 0.328 e. The first kappa shape index (κ1) is 24.8. The van der Waals surface area contributed by atoms with E-state index in [9.17, 15) is 22.8 Å². The van der Waals surface area contributed by atoms with E-state index in [0.29, 0.717) is 38.3 Å². The monoisotopic (exact) mass is 476 g/mol. The van der Waals surface area contributed by atoms with E-state index in [1.54, 1.807) is 12.1 Å². The molecule has 0 saturated carbocycles. The zero-order valence-corrected chi connectivity index (χ0v) is 19.9. The Bertz CT molecular complexity index is 1020. The van der Waals surface area contributed by atoms with E-state index < -0.39 is 22.1 Å². The predicted molar refractivity (Wildman–Crippen MR) is 124 cm³/mol. The molecule has 1 aromatic rings. The van der Waals surface area contributed by atoms with Gasteiger partial charge in [0, 0.05) is 25.6 Å². The number of allylic oxidation sites excluding steroid dienone is 1. The molecule has 180 valence electrons. The second-order valence-corrected chi connectivity index (χ2v) is 10.6. The molecule has 0 bridgehead atoms. The van der Waals surface area contributed by atoms with Crippen molar-refractivity contribution in [2.75, 3.05) is 13.1 Å². The number of nitrogens with one attached hydrogen (secondary N) is 3. The molecule has 3 rings (SSSR count). The van der Waals surface area contributed by atoms with Crippen molar-refractivity contribution in [3.8, 4) is 0 Å². The molecule has 0 aromatic heterocycles. The third-order valence-corrected chi connectivity index (χ3v) is 7.39. The zero-order valence-electron chi connectivity index (χ0n) is 19.1. The van der Waals surface area contributed by atoms with Crippen LogP contribution < -0.4 is 15.4 Å². The fraction of sp³-hybridized carbons (Fsp3) is 0.522. The lowest BCUT2D eigenvalue weighted by Crippen LogP contribution is -2.48. The summed E-state index contributed by atoms with van der Waals surface area (Å²) in [5.74, 6) is 0.137. The molecule has 1 fully saturated rings. The highest BCUT2D eigenvalue weighted by Crippen LogP contribution is 2.18. The van der Waals surface area contributed by atoms with E-state index in [2.05, 4.69) is 21.4 Å². The van der Waals surface area contributed by atoms with Gasteiger partial charge in [-0.25, -0.2) is 22.7 Å². The molecule has 9 nitrogen and oxygen atoms in total. The molecule has 0 radical (unpaired) electrons. The summed E-state index contributed by atoms with van der Waals surface area (Å²) < 4.78 is 27.1. The Morgan fingerprint density at radius 3 is 2.52 bits per heavy atom. The molecule has 3 N–H and O–H groups in total. The average Bonchev–Trinajstić information content (AvgIpc) is 2.75. The third-order valence-electron chi connectivity index (χ3n) is 6.04. The molecule has 0 spiro atoms. The zero-order chi connectivity index (χ0) is 24.0. The number of carbonyl (C=O) groups excluding carboxylic acids is 3. The molecular formula is C23H32N4O5S. The Morgan fingerprint density at radius 2 is 1.88 bits per heavy atom. The van der Waals surface area contributed by atoms with Crippen molar-refractivity contribution in [2.24, 2.45) is 5.92 Å². The minimum Gasteiger partial charge on any atom is -0.337 e. The first-order chi connectivity index (χ1) is 15.6. The van der Waals surface area contributed by atoms with E-state index in [1.807, 2.05) is 13.8 Å². The molecule has 1 aliphatic carbocycles. The predicted octanol–water partition coefficient (Wildman–Crippen LogP) is 2.68. The maximum atomic E-state index is 12.5. The van der Waals surface area contributed by atoms with Gasteiger partial charge in [0.1, 0.15) is 0 Å². The van der Waals surface area contributed by atoms with Gasteiger partial charge in [-0.05, 0) is 62.6 Å². The molecule has 1 aliphatic heterocycles. The van der Waals surface area contributed by atoms with Crippen molar-refractivity contribution in [3.05, 3.63) is 41.5 Å². The van der Waals surface area contributed by atoms with Gasteiger partial charge in [0.15, 0.2) is 0 Å². The molecule has 10 heteroatoms. The van der Waals surface area contributed by atoms with Crippen LogP contribution in [0.2, 0.25) is 0 Å². The molecule has 5 amide bonds. The maximum absolute atomic E-state index is 12.5. The Labute approximate surface area is 195 Å². The fourth-order valence-electron chi connectivity index (χ4n) is 3.94. The Kier molecular flexibility index (Phi) is 8.12. The van der Waals surface area contributed by atoms with E-state index >= 15 is 0 Å². The summed E-state index contributed by atoms with van der Waals surface area (Å²) in [6.45, 7) is 4.78. The molecule has 33 heavy (non-hydrogen) atoms. The van der Waals surface area contributed by atoms with Crippen molar-refractivity contribution in [1.82, 2.24) is 20.3 Å². The summed E-state index contributed by atoms with van der Waals surface area (Å²) in [6.07, 6.45) is 6.07. The van der Waals surface area contributed by atoms with Crippen LogP contribution in [0.1, 0.15) is 51.5 Å². The van der Waals surface area contributed by atoms with Crippen molar-refractivity contribution in [3.63, 3.8) is 0 Å². The number of urea groups is 2. The van der Waals surface area contributed by atoms with Crippen LogP contribution in [0, 0.1) is 5.92 Å². The summed E-state index contributed by atoms with van der Waals surface area (Å²) in [6, 6.07) is 4.92. The summed E-state index contributed by atoms with van der Waals surface area (Å²) in [7, 11) is -3.99. The van der Waals surface area contributed by atoms with Gasteiger partial charge in [-0.1, -0.05) is 30.7 Å². The molecule has 1 saturated heterocycles. The smallest absolute Gasteiger partial charge is 0.328 e. The highest BCUT2D eigenvalue weighted by atomic mass is 32.2. The van der Waals surface area contributed by atoms with Gasteiger partial charge in [0.2, 0.25) is 5.91 Å². The number of carbonyl (C=O) groups is 3. The number of amides is 5. The van der Waals surface area contributed by atoms with Gasteiger partial charge in [0.25, 0.3) is 10.0 Å². The number of hydrogen-bond acceptors (Lipinski definition) is 5. The van der Waals surface area contributed by atoms with E-state index in [0.717, 1.165) is 24.8 Å². The minimum atomic E-state index is -3.99. The number of hydrogen-bond donors (Lipinski definition) is 3. The van der Waals surface area contributed by atoms with Gasteiger partial charge in [-0.2, -0.15) is 0 Å². The van der Waals surface area contributed by atoms with Crippen molar-refractivity contribution in [2.45, 2.75) is 63.3 Å². The fourth-order valence-corrected chi connectivity index (χ4v) is 4.85. The van der Waals surface area contributed by atoms with E-state index in [4.69, 9.17) is 0 Å². The van der Waals surface area contributed by atoms with Gasteiger partial charge < -0.3 is 10.6 Å². The van der Waals surface area contributed by atoms with Crippen LogP contribution in [0.4, 0.5) is 9.59 Å². The standard InChI is InChI=1S/C23H32N4O5S/c1-16-3-7-19(8-4-16)25-22(29)26-33(31,32)20-9-5-18(6-10-20)11-13-24-23(30)27-14-12-17(2)15-21(27)28/h3,5-6,9-10,17,19H,4,7-8,11-15H2,1-2H3,(H,24,30)(H2,25,26,29). The van der Waals surface area contributed by atoms with Gasteiger partial charge in [-0.3, -0.25) is 9.69 Å². The third kappa shape index (κ3) is 7.05. The van der Waals surface area contributed by atoms with Crippen LogP contribution in [0.25, 0.3) is 0 Å². The summed E-state index contributed by atoms with van der Waals surface area (Å²) in [5.41, 5.74) is 2.09. The largest absolute Gasteiger partial charge is 0.337 e. The number of piperidine rings is 1. The number of likely N-dealkylation sites (tertiary alicyclic amines) is 1. The van der Waals surface area contributed by atoms with Crippen LogP contribution >= 0.6 is 0 Å². The van der Waals surface area contributed by atoms with Crippen LogP contribution in [0.15, 0.2) is 40.8 Å². The van der Waals surface area contributed by atoms with Gasteiger partial charge >= 0.3 is 12.1 Å². The molecule has 2 unspecified atom stereocenters. The number of imide groups is 1. The number of nitrogens with zero attached hydrogens (tertiary/aromatic N) is 1. The highest BCUT2D eigenvalue weighted by Gasteiger charge is 2.27. The quantitative estimate of drug-likeness (QED) is 0.545. The number of benzene rings is 1. The van der Waals surface area contributed by atoms with Crippen LogP contribution in [-0.2, 0) is 21.2 Å². The molecule has 1 heterocycles. The molecule has 2 atom stereocenters. The van der Waals surface area contributed by atoms with E-state index in [-0.39, 0.29) is 16.8 Å². The van der Waals surface area contributed by atoms with Crippen LogP contribution in [0.3, 0.4) is 0 Å². The average molecular weight is 477 g/mol. The van der Waals surface area contributed by atoms with E-state index in [1.165, 1.54) is 22.6 Å². The summed E-state index contributed by atoms with van der Waals surface area (Å²) in [4.78, 5) is 37.6. The minimum absolute atomic E-state index is 0.0159. The second-order valence-electron chi connectivity index (χ2n) is 8.87. The van der Waals surface area contributed by atoms with Crippen molar-refractivity contribution >= 4 is 28.0 Å². The molecule has 1 aromatic carbocycles. The lowest BCUT2D eigenvalue weighted by atomic mass is 9.96. The lowest BCUT2D eigenvalue weighted by molar-refractivity contribution is -0.131. The SMILES string of the molecule is CC1=CCC(NC(=O)NS(=O)(=O)c2ccc(CCNC(=O)N3CCC(C)CC3=O)cc2)CC1. The number of rotatable bonds is 6. The van der Waals surface area contributed by atoms with Crippen molar-refractivity contribution < 1.29 is 22.8 Å². The summed E-state index contributed by atoms with van der Waals surface area (Å²) in [5, 5.41) is 5.44. The Hall–Kier alpha value is -2.88. The topological polar surface area (TPSA) is 125 Å². The first-order valence-electron chi connectivity index (χ1n) is 11.3. The normalized spacial score (nSPS) is 21.2. The van der Waals surface area contributed by atoms with Gasteiger partial charge in [0.05, 0.1) is 4.90 Å². The number of sulfonamides is 1. The van der Waals surface area contributed by atoms with Gasteiger partial charge in [-0.15, -0.1) is 0 Å². The van der Waals surface area contributed by atoms with Crippen LogP contribution in [0.5, 0.6) is 0 Å². The van der Waals surface area contributed by atoms with Crippen molar-refractivity contribution in [1.29, 1.82) is 0 Å². The Morgan fingerprint density at radius 1 is 1.15 bits per heavy atom. The highest BCUT2D eigenvalue weighted by molar-refractivity contribution is 7.90. The lowest BCUT2D eigenvalue weighted by Gasteiger charge is -2.28. The summed E-state index contributed by atoms with van der Waals surface area (Å²) >= 11 is 0. The second kappa shape index (κ2) is 10.8. The molecule has 2 aliphatic rings. The molecular weight excluding hydrogens is 444 g/mol. The first-order valence-corrected chi connectivity index (χ1v) is 12.8.